The first-order valence-corrected chi connectivity index (χ1v) is 6.58. The largest absolute Gasteiger partial charge is 0.490 e. The number of nitrogens with zero attached hydrogens (tertiary/aromatic N) is 1. The van der Waals surface area contributed by atoms with E-state index in [1.165, 1.54) is 0 Å². The van der Waals surface area contributed by atoms with E-state index in [2.05, 4.69) is 0 Å². The van der Waals surface area contributed by atoms with Gasteiger partial charge in [0.2, 0.25) is 0 Å². The van der Waals surface area contributed by atoms with E-state index in [0.717, 1.165) is 0 Å². The third-order valence-electron chi connectivity index (χ3n) is 3.56. The van der Waals surface area contributed by atoms with Crippen LogP contribution in [0.2, 0.25) is 0 Å². The highest BCUT2D eigenvalue weighted by Crippen LogP contribution is 2.33. The highest BCUT2D eigenvalue weighted by molar-refractivity contribution is 5.98. The first-order chi connectivity index (χ1) is 9.66. The molecule has 2 atom stereocenters. The van der Waals surface area contributed by atoms with Crippen LogP contribution >= 0.6 is 0 Å². The number of rotatable bonds is 2. The van der Waals surface area contributed by atoms with Gasteiger partial charge in [-0.2, -0.15) is 0 Å². The minimum atomic E-state index is -1.01. The van der Waals surface area contributed by atoms with Crippen LogP contribution in [0.25, 0.3) is 0 Å². The number of benzene rings is 1. The van der Waals surface area contributed by atoms with Crippen LogP contribution in [0.15, 0.2) is 24.3 Å². The predicted molar refractivity (Wildman–Crippen MR) is 69.8 cm³/mol. The molecule has 6 heteroatoms. The van der Waals surface area contributed by atoms with Crippen molar-refractivity contribution >= 4 is 17.6 Å². The zero-order valence-corrected chi connectivity index (χ0v) is 10.8. The van der Waals surface area contributed by atoms with Crippen LogP contribution in [-0.2, 0) is 14.3 Å². The van der Waals surface area contributed by atoms with Gasteiger partial charge in [0.1, 0.15) is 18.5 Å². The molecule has 0 saturated carbocycles. The number of carbonyl (C=O) groups excluding carboxylic acids is 1. The van der Waals surface area contributed by atoms with E-state index in [4.69, 9.17) is 14.6 Å². The SMILES string of the molecule is O=C(O)C1CCC(C(=O)N2CCOc3ccccc32)O1. The van der Waals surface area contributed by atoms with Crippen molar-refractivity contribution in [1.82, 2.24) is 0 Å². The maximum absolute atomic E-state index is 12.5. The molecular weight excluding hydrogens is 262 g/mol. The zero-order chi connectivity index (χ0) is 14.1. The fraction of sp³-hybridized carbons (Fsp3) is 0.429. The molecule has 0 spiro atoms. The molecule has 1 aromatic rings. The molecule has 0 aliphatic carbocycles. The lowest BCUT2D eigenvalue weighted by molar-refractivity contribution is -0.151. The first-order valence-electron chi connectivity index (χ1n) is 6.58. The lowest BCUT2D eigenvalue weighted by Gasteiger charge is -2.31. The molecule has 1 aromatic carbocycles. The van der Waals surface area contributed by atoms with E-state index in [-0.39, 0.29) is 5.91 Å². The van der Waals surface area contributed by atoms with E-state index >= 15 is 0 Å². The smallest absolute Gasteiger partial charge is 0.332 e. The Hall–Kier alpha value is -2.08. The van der Waals surface area contributed by atoms with Crippen LogP contribution < -0.4 is 9.64 Å². The minimum absolute atomic E-state index is 0.190. The number of hydrogen-bond donors (Lipinski definition) is 1. The summed E-state index contributed by atoms with van der Waals surface area (Å²) in [6.07, 6.45) is -0.741. The van der Waals surface area contributed by atoms with Crippen LogP contribution in [0.4, 0.5) is 5.69 Å². The number of carboxylic acids is 1. The standard InChI is InChI=1S/C14H15NO5/c16-13(11-5-6-12(20-11)14(17)18)15-7-8-19-10-4-2-1-3-9(10)15/h1-4,11-12H,5-8H2,(H,17,18). The molecule has 1 saturated heterocycles. The number of anilines is 1. The highest BCUT2D eigenvalue weighted by atomic mass is 16.5. The number of hydrogen-bond acceptors (Lipinski definition) is 4. The summed E-state index contributed by atoms with van der Waals surface area (Å²) < 4.78 is 10.8. The van der Waals surface area contributed by atoms with Gasteiger partial charge >= 0.3 is 5.97 Å². The zero-order valence-electron chi connectivity index (χ0n) is 10.8. The second-order valence-corrected chi connectivity index (χ2v) is 4.84. The highest BCUT2D eigenvalue weighted by Gasteiger charge is 2.38. The summed E-state index contributed by atoms with van der Waals surface area (Å²) in [4.78, 5) is 25.0. The van der Waals surface area contributed by atoms with Crippen molar-refractivity contribution in [1.29, 1.82) is 0 Å². The maximum Gasteiger partial charge on any atom is 0.332 e. The Balaban J connectivity index is 1.78. The number of amides is 1. The van der Waals surface area contributed by atoms with Gasteiger partial charge in [-0.15, -0.1) is 0 Å². The van der Waals surface area contributed by atoms with E-state index < -0.39 is 18.2 Å². The van der Waals surface area contributed by atoms with Gasteiger partial charge in [0, 0.05) is 0 Å². The van der Waals surface area contributed by atoms with Crippen molar-refractivity contribution in [3.05, 3.63) is 24.3 Å². The summed E-state index contributed by atoms with van der Waals surface area (Å²) in [5.74, 6) is -0.535. The van der Waals surface area contributed by atoms with Crippen LogP contribution in [0.5, 0.6) is 5.75 Å². The van der Waals surface area contributed by atoms with Crippen LogP contribution in [0, 0.1) is 0 Å². The van der Waals surface area contributed by atoms with E-state index in [1.807, 2.05) is 24.3 Å². The molecule has 2 aliphatic heterocycles. The summed E-state index contributed by atoms with van der Waals surface area (Å²) in [6.45, 7) is 0.880. The fourth-order valence-electron chi connectivity index (χ4n) is 2.57. The average molecular weight is 277 g/mol. The third kappa shape index (κ3) is 2.22. The van der Waals surface area contributed by atoms with Gasteiger partial charge in [-0.1, -0.05) is 12.1 Å². The molecule has 1 fully saturated rings. The Morgan fingerprint density at radius 3 is 2.70 bits per heavy atom. The van der Waals surface area contributed by atoms with Gasteiger partial charge < -0.3 is 19.5 Å². The van der Waals surface area contributed by atoms with Gasteiger partial charge in [0.05, 0.1) is 12.2 Å². The van der Waals surface area contributed by atoms with Gasteiger partial charge in [0.25, 0.3) is 5.91 Å². The van der Waals surface area contributed by atoms with Crippen molar-refractivity contribution in [2.24, 2.45) is 0 Å². The molecule has 1 N–H and O–H groups in total. The van der Waals surface area contributed by atoms with Gasteiger partial charge in [-0.3, -0.25) is 4.79 Å². The number of carboxylic acid groups (broad SMARTS) is 1. The number of carbonyl (C=O) groups is 2. The Morgan fingerprint density at radius 2 is 1.95 bits per heavy atom. The fourth-order valence-corrected chi connectivity index (χ4v) is 2.57. The average Bonchev–Trinajstić information content (AvgIpc) is 2.96. The molecular formula is C14H15NO5. The van der Waals surface area contributed by atoms with Crippen LogP contribution in [0.1, 0.15) is 12.8 Å². The van der Waals surface area contributed by atoms with Gasteiger partial charge in [0.15, 0.2) is 6.10 Å². The molecule has 6 nitrogen and oxygen atoms in total. The summed E-state index contributed by atoms with van der Waals surface area (Å²) in [5.41, 5.74) is 0.714. The van der Waals surface area contributed by atoms with Gasteiger partial charge in [-0.05, 0) is 25.0 Å². The minimum Gasteiger partial charge on any atom is -0.490 e. The molecule has 0 radical (unpaired) electrons. The topological polar surface area (TPSA) is 76.1 Å². The van der Waals surface area contributed by atoms with Crippen LogP contribution in [-0.4, -0.2) is 42.3 Å². The molecule has 0 bridgehead atoms. The van der Waals surface area contributed by atoms with Crippen molar-refractivity contribution in [3.8, 4) is 5.75 Å². The molecule has 3 rings (SSSR count). The second kappa shape index (κ2) is 5.13. The summed E-state index contributed by atoms with van der Waals surface area (Å²) in [5, 5.41) is 8.91. The molecule has 1 amide bonds. The van der Waals surface area contributed by atoms with Crippen molar-refractivity contribution in [2.75, 3.05) is 18.1 Å². The molecule has 2 heterocycles. The number of aliphatic carboxylic acids is 1. The van der Waals surface area contributed by atoms with Gasteiger partial charge in [-0.25, -0.2) is 4.79 Å². The molecule has 20 heavy (non-hydrogen) atoms. The Bertz CT molecular complexity index is 544. The Kier molecular flexibility index (Phi) is 3.31. The lowest BCUT2D eigenvalue weighted by atomic mass is 10.1. The summed E-state index contributed by atoms with van der Waals surface area (Å²) in [6, 6.07) is 7.31. The van der Waals surface area contributed by atoms with Crippen LogP contribution in [0.3, 0.4) is 0 Å². The van der Waals surface area contributed by atoms with E-state index in [0.29, 0.717) is 37.4 Å². The monoisotopic (exact) mass is 277 g/mol. The first kappa shape index (κ1) is 12.9. The van der Waals surface area contributed by atoms with E-state index in [1.54, 1.807) is 4.90 Å². The predicted octanol–water partition coefficient (Wildman–Crippen LogP) is 1.04. The molecule has 106 valence electrons. The van der Waals surface area contributed by atoms with Crippen molar-refractivity contribution in [3.63, 3.8) is 0 Å². The quantitative estimate of drug-likeness (QED) is 0.874. The van der Waals surface area contributed by atoms with Crippen molar-refractivity contribution < 1.29 is 24.2 Å². The molecule has 2 aliphatic rings. The summed E-state index contributed by atoms with van der Waals surface area (Å²) in [7, 11) is 0. The Labute approximate surface area is 115 Å². The summed E-state index contributed by atoms with van der Waals surface area (Å²) >= 11 is 0. The Morgan fingerprint density at radius 1 is 1.20 bits per heavy atom. The number of ether oxygens (including phenoxy) is 2. The van der Waals surface area contributed by atoms with E-state index in [9.17, 15) is 9.59 Å². The molecule has 2 unspecified atom stereocenters. The van der Waals surface area contributed by atoms with Crippen molar-refractivity contribution in [2.45, 2.75) is 25.0 Å². The second-order valence-electron chi connectivity index (χ2n) is 4.84. The third-order valence-corrected chi connectivity index (χ3v) is 3.56. The maximum atomic E-state index is 12.5. The normalized spacial score (nSPS) is 24.9. The number of fused-ring (bicyclic) bond motifs is 1. The molecule has 0 aromatic heterocycles. The lowest BCUT2D eigenvalue weighted by Crippen LogP contribution is -2.44. The number of para-hydroxylation sites is 2.